The fourth-order valence-electron chi connectivity index (χ4n) is 3.42. The number of nitrogens with zero attached hydrogens (tertiary/aromatic N) is 2. The monoisotopic (exact) mass is 434 g/mol. The zero-order chi connectivity index (χ0) is 19.6. The number of carbonyl (C=O) groups is 2. The number of nitrogens with one attached hydrogen (secondary N) is 2. The molecule has 2 unspecified atom stereocenters. The third-order valence-electron chi connectivity index (χ3n) is 4.81. The SMILES string of the molecule is CC(C)C(NC(=O)O)C(=O)N1CCCC1c1ncc(-c2ccc(Br)cc2)[nH]1. The maximum Gasteiger partial charge on any atom is 0.405 e. The van der Waals surface area contributed by atoms with Crippen LogP contribution in [0.3, 0.4) is 0 Å². The van der Waals surface area contributed by atoms with Gasteiger partial charge in [-0.15, -0.1) is 0 Å². The largest absolute Gasteiger partial charge is 0.465 e. The molecule has 2 heterocycles. The highest BCUT2D eigenvalue weighted by Gasteiger charge is 2.37. The summed E-state index contributed by atoms with van der Waals surface area (Å²) in [6.07, 6.45) is 2.25. The van der Waals surface area contributed by atoms with Crippen molar-refractivity contribution < 1.29 is 14.7 Å². The first kappa shape index (κ1) is 19.4. The second-order valence-corrected chi connectivity index (χ2v) is 7.97. The number of hydrogen-bond acceptors (Lipinski definition) is 3. The minimum Gasteiger partial charge on any atom is -0.465 e. The number of H-pyrrole nitrogens is 1. The quantitative estimate of drug-likeness (QED) is 0.666. The van der Waals surface area contributed by atoms with Gasteiger partial charge in [-0.3, -0.25) is 4.79 Å². The van der Waals surface area contributed by atoms with Crippen LogP contribution in [0.4, 0.5) is 4.79 Å². The summed E-state index contributed by atoms with van der Waals surface area (Å²) in [6.45, 7) is 4.27. The third kappa shape index (κ3) is 4.32. The van der Waals surface area contributed by atoms with E-state index in [1.165, 1.54) is 0 Å². The Morgan fingerprint density at radius 3 is 2.67 bits per heavy atom. The van der Waals surface area contributed by atoms with Gasteiger partial charge >= 0.3 is 6.09 Å². The first-order valence-corrected chi connectivity index (χ1v) is 9.77. The summed E-state index contributed by atoms with van der Waals surface area (Å²) in [4.78, 5) is 33.6. The van der Waals surface area contributed by atoms with Gasteiger partial charge in [-0.25, -0.2) is 9.78 Å². The smallest absolute Gasteiger partial charge is 0.405 e. The van der Waals surface area contributed by atoms with Gasteiger partial charge in [-0.1, -0.05) is 41.9 Å². The van der Waals surface area contributed by atoms with Gasteiger partial charge in [0, 0.05) is 11.0 Å². The highest BCUT2D eigenvalue weighted by Crippen LogP contribution is 2.32. The molecule has 1 aliphatic rings. The molecule has 27 heavy (non-hydrogen) atoms. The first-order chi connectivity index (χ1) is 12.9. The van der Waals surface area contributed by atoms with Gasteiger partial charge in [0.05, 0.1) is 17.9 Å². The van der Waals surface area contributed by atoms with Crippen LogP contribution in [0.25, 0.3) is 11.3 Å². The summed E-state index contributed by atoms with van der Waals surface area (Å²) in [5.41, 5.74) is 1.90. The van der Waals surface area contributed by atoms with E-state index in [1.54, 1.807) is 11.1 Å². The molecular weight excluding hydrogens is 412 g/mol. The topological polar surface area (TPSA) is 98.3 Å². The van der Waals surface area contributed by atoms with Crippen molar-refractivity contribution in [3.63, 3.8) is 0 Å². The summed E-state index contributed by atoms with van der Waals surface area (Å²) in [5, 5.41) is 11.4. The zero-order valence-corrected chi connectivity index (χ0v) is 16.9. The number of rotatable bonds is 5. The van der Waals surface area contributed by atoms with Gasteiger partial charge in [0.25, 0.3) is 0 Å². The zero-order valence-electron chi connectivity index (χ0n) is 15.3. The Hall–Kier alpha value is -2.35. The number of aromatic amines is 1. The number of imidazole rings is 1. The molecule has 3 N–H and O–H groups in total. The van der Waals surface area contributed by atoms with E-state index in [9.17, 15) is 9.59 Å². The number of benzene rings is 1. The lowest BCUT2D eigenvalue weighted by Gasteiger charge is -2.29. The van der Waals surface area contributed by atoms with Crippen molar-refractivity contribution in [2.75, 3.05) is 6.54 Å². The van der Waals surface area contributed by atoms with Crippen molar-refractivity contribution in [1.82, 2.24) is 20.2 Å². The van der Waals surface area contributed by atoms with Crippen LogP contribution < -0.4 is 5.32 Å². The lowest BCUT2D eigenvalue weighted by molar-refractivity contribution is -0.135. The maximum absolute atomic E-state index is 13.0. The first-order valence-electron chi connectivity index (χ1n) is 8.97. The average molecular weight is 435 g/mol. The second-order valence-electron chi connectivity index (χ2n) is 7.05. The van der Waals surface area contributed by atoms with Crippen LogP contribution in [0.15, 0.2) is 34.9 Å². The van der Waals surface area contributed by atoms with E-state index in [2.05, 4.69) is 31.2 Å². The standard InChI is InChI=1S/C19H23BrN4O3/c1-11(2)16(23-19(26)27)18(25)24-9-3-4-15(24)17-21-10-14(22-17)12-5-7-13(20)8-6-12/h5-8,10-11,15-16,23H,3-4,9H2,1-2H3,(H,21,22)(H,26,27). The van der Waals surface area contributed by atoms with E-state index >= 15 is 0 Å². The van der Waals surface area contributed by atoms with Crippen LogP contribution >= 0.6 is 15.9 Å². The molecule has 0 bridgehead atoms. The molecule has 1 aliphatic heterocycles. The highest BCUT2D eigenvalue weighted by atomic mass is 79.9. The number of carboxylic acid groups (broad SMARTS) is 1. The van der Waals surface area contributed by atoms with Crippen molar-refractivity contribution >= 4 is 27.9 Å². The maximum atomic E-state index is 13.0. The molecule has 0 saturated carbocycles. The van der Waals surface area contributed by atoms with Crippen LogP contribution in [-0.4, -0.2) is 44.6 Å². The third-order valence-corrected chi connectivity index (χ3v) is 5.34. The Balaban J connectivity index is 1.81. The Morgan fingerprint density at radius 2 is 2.04 bits per heavy atom. The van der Waals surface area contributed by atoms with Gasteiger partial charge in [0.15, 0.2) is 0 Å². The number of carbonyl (C=O) groups excluding carboxylic acids is 1. The molecule has 2 aromatic rings. The number of hydrogen-bond donors (Lipinski definition) is 3. The van der Waals surface area contributed by atoms with Crippen LogP contribution in [0.2, 0.25) is 0 Å². The second kappa shape index (κ2) is 8.12. The Labute approximate surface area is 166 Å². The number of amides is 2. The molecule has 1 aromatic heterocycles. The van der Waals surface area contributed by atoms with Crippen molar-refractivity contribution in [2.45, 2.75) is 38.8 Å². The fourth-order valence-corrected chi connectivity index (χ4v) is 3.69. The molecule has 0 spiro atoms. The van der Waals surface area contributed by atoms with Gasteiger partial charge in [-0.05, 0) is 36.5 Å². The van der Waals surface area contributed by atoms with Gasteiger partial charge in [0.2, 0.25) is 5.91 Å². The lowest BCUT2D eigenvalue weighted by Crippen LogP contribution is -2.50. The predicted molar refractivity (Wildman–Crippen MR) is 105 cm³/mol. The number of halogens is 1. The van der Waals surface area contributed by atoms with Crippen molar-refractivity contribution in [3.05, 3.63) is 40.8 Å². The lowest BCUT2D eigenvalue weighted by atomic mass is 10.0. The van der Waals surface area contributed by atoms with Crippen LogP contribution in [0.1, 0.15) is 38.6 Å². The van der Waals surface area contributed by atoms with E-state index in [-0.39, 0.29) is 17.9 Å². The van der Waals surface area contributed by atoms with Crippen molar-refractivity contribution in [3.8, 4) is 11.3 Å². The van der Waals surface area contributed by atoms with Crippen LogP contribution in [0, 0.1) is 5.92 Å². The predicted octanol–water partition coefficient (Wildman–Crippen LogP) is 3.79. The van der Waals surface area contributed by atoms with Gasteiger partial charge < -0.3 is 20.3 Å². The summed E-state index contributed by atoms with van der Waals surface area (Å²) < 4.78 is 1.00. The molecule has 8 heteroatoms. The average Bonchev–Trinajstić information content (AvgIpc) is 3.28. The van der Waals surface area contributed by atoms with E-state index in [0.29, 0.717) is 6.54 Å². The summed E-state index contributed by atoms with van der Waals surface area (Å²) in [7, 11) is 0. The van der Waals surface area contributed by atoms with Crippen LogP contribution in [0.5, 0.6) is 0 Å². The molecule has 1 fully saturated rings. The highest BCUT2D eigenvalue weighted by molar-refractivity contribution is 9.10. The van der Waals surface area contributed by atoms with Crippen molar-refractivity contribution in [2.24, 2.45) is 5.92 Å². The number of likely N-dealkylation sites (tertiary alicyclic amines) is 1. The molecular formula is C19H23BrN4O3. The van der Waals surface area contributed by atoms with E-state index in [4.69, 9.17) is 5.11 Å². The Morgan fingerprint density at radius 1 is 1.33 bits per heavy atom. The van der Waals surface area contributed by atoms with E-state index in [0.717, 1.165) is 34.4 Å². The molecule has 2 atom stereocenters. The van der Waals surface area contributed by atoms with Gasteiger partial charge in [0.1, 0.15) is 11.9 Å². The summed E-state index contributed by atoms with van der Waals surface area (Å²) in [6, 6.07) is 6.98. The van der Waals surface area contributed by atoms with E-state index < -0.39 is 12.1 Å². The molecule has 7 nitrogen and oxygen atoms in total. The number of aromatic nitrogens is 2. The summed E-state index contributed by atoms with van der Waals surface area (Å²) in [5.74, 6) is 0.401. The molecule has 3 rings (SSSR count). The molecule has 144 valence electrons. The normalized spacial score (nSPS) is 17.9. The minimum absolute atomic E-state index is 0.134. The van der Waals surface area contributed by atoms with Crippen molar-refractivity contribution in [1.29, 1.82) is 0 Å². The molecule has 1 saturated heterocycles. The minimum atomic E-state index is -1.19. The Kier molecular flexibility index (Phi) is 5.84. The summed E-state index contributed by atoms with van der Waals surface area (Å²) >= 11 is 3.43. The Bertz CT molecular complexity index is 819. The molecule has 2 amide bonds. The molecule has 1 aromatic carbocycles. The van der Waals surface area contributed by atoms with E-state index in [1.807, 2.05) is 38.1 Å². The molecule has 0 aliphatic carbocycles. The van der Waals surface area contributed by atoms with Crippen LogP contribution in [-0.2, 0) is 4.79 Å². The van der Waals surface area contributed by atoms with Gasteiger partial charge in [-0.2, -0.15) is 0 Å². The fraction of sp³-hybridized carbons (Fsp3) is 0.421. The molecule has 0 radical (unpaired) electrons.